The Bertz CT molecular complexity index is 378. The molecule has 1 N–H and O–H groups in total. The average Bonchev–Trinajstić information content (AvgIpc) is 2.47. The maximum absolute atomic E-state index is 9.34. The number of pyridine rings is 1. The zero-order chi connectivity index (χ0) is 13.5. The summed E-state index contributed by atoms with van der Waals surface area (Å²) in [7, 11) is 0. The predicted octanol–water partition coefficient (Wildman–Crippen LogP) is 2.61. The highest BCUT2D eigenvalue weighted by atomic mass is 16.5. The monoisotopic (exact) mass is 264 g/mol. The third kappa shape index (κ3) is 3.60. The van der Waals surface area contributed by atoms with Crippen LogP contribution >= 0.6 is 0 Å². The van der Waals surface area contributed by atoms with E-state index in [4.69, 9.17) is 4.74 Å². The van der Waals surface area contributed by atoms with Crippen molar-refractivity contribution in [3.63, 3.8) is 0 Å². The average molecular weight is 264 g/mol. The minimum absolute atomic E-state index is 0.151. The molecule has 0 unspecified atom stereocenters. The Labute approximate surface area is 115 Å². The van der Waals surface area contributed by atoms with E-state index in [1.54, 1.807) is 6.20 Å². The van der Waals surface area contributed by atoms with Crippen molar-refractivity contribution < 1.29 is 9.84 Å². The van der Waals surface area contributed by atoms with Gasteiger partial charge in [-0.05, 0) is 31.9 Å². The lowest BCUT2D eigenvalue weighted by atomic mass is 9.94. The summed E-state index contributed by atoms with van der Waals surface area (Å²) in [5, 5.41) is 9.34. The van der Waals surface area contributed by atoms with Crippen LogP contribution in [0.2, 0.25) is 0 Å². The smallest absolute Gasteiger partial charge is 0.171 e. The van der Waals surface area contributed by atoms with E-state index in [2.05, 4.69) is 9.88 Å². The van der Waals surface area contributed by atoms with Crippen LogP contribution in [0.5, 0.6) is 5.75 Å². The van der Waals surface area contributed by atoms with Gasteiger partial charge in [0.05, 0.1) is 13.2 Å². The van der Waals surface area contributed by atoms with Crippen LogP contribution < -0.4 is 9.64 Å². The molecule has 1 heterocycles. The minimum atomic E-state index is 0.151. The van der Waals surface area contributed by atoms with Crippen molar-refractivity contribution in [2.24, 2.45) is 0 Å². The molecule has 1 aliphatic rings. The number of rotatable bonds is 6. The Balaban J connectivity index is 2.21. The molecule has 0 aromatic carbocycles. The highest BCUT2D eigenvalue weighted by Gasteiger charge is 2.24. The molecule has 2 rings (SSSR count). The molecule has 1 aromatic rings. The summed E-state index contributed by atoms with van der Waals surface area (Å²) in [5.74, 6) is 1.70. The van der Waals surface area contributed by atoms with Crippen molar-refractivity contribution >= 4 is 5.82 Å². The van der Waals surface area contributed by atoms with Crippen molar-refractivity contribution in [2.75, 3.05) is 24.7 Å². The molecule has 19 heavy (non-hydrogen) atoms. The lowest BCUT2D eigenvalue weighted by Gasteiger charge is -2.35. The summed E-state index contributed by atoms with van der Waals surface area (Å²) in [6, 6.07) is 4.33. The first-order valence-corrected chi connectivity index (χ1v) is 7.32. The highest BCUT2D eigenvalue weighted by molar-refractivity contribution is 5.53. The molecule has 0 bridgehead atoms. The Kier molecular flexibility index (Phi) is 5.45. The van der Waals surface area contributed by atoms with E-state index in [-0.39, 0.29) is 6.61 Å². The summed E-state index contributed by atoms with van der Waals surface area (Å²) in [6.45, 7) is 3.39. The second kappa shape index (κ2) is 7.34. The van der Waals surface area contributed by atoms with Crippen LogP contribution in [0, 0.1) is 0 Å². The van der Waals surface area contributed by atoms with E-state index in [0.29, 0.717) is 19.2 Å². The number of nitrogens with zero attached hydrogens (tertiary/aromatic N) is 2. The van der Waals surface area contributed by atoms with Gasteiger partial charge in [-0.3, -0.25) is 0 Å². The summed E-state index contributed by atoms with van der Waals surface area (Å²) >= 11 is 0. The maximum Gasteiger partial charge on any atom is 0.171 e. The molecule has 0 saturated heterocycles. The zero-order valence-corrected chi connectivity index (χ0v) is 11.7. The van der Waals surface area contributed by atoms with Gasteiger partial charge in [-0.1, -0.05) is 19.3 Å². The van der Waals surface area contributed by atoms with Gasteiger partial charge in [0.25, 0.3) is 0 Å². The van der Waals surface area contributed by atoms with Crippen LogP contribution in [0.15, 0.2) is 18.3 Å². The fourth-order valence-electron chi connectivity index (χ4n) is 2.83. The Morgan fingerprint density at radius 3 is 2.84 bits per heavy atom. The Hall–Kier alpha value is -1.29. The van der Waals surface area contributed by atoms with E-state index in [0.717, 1.165) is 11.6 Å². The van der Waals surface area contributed by atoms with Gasteiger partial charge in [-0.15, -0.1) is 0 Å². The predicted molar refractivity (Wildman–Crippen MR) is 76.7 cm³/mol. The quantitative estimate of drug-likeness (QED) is 0.858. The normalized spacial score (nSPS) is 16.3. The van der Waals surface area contributed by atoms with Gasteiger partial charge in [-0.25, -0.2) is 4.98 Å². The lowest BCUT2D eigenvalue weighted by Crippen LogP contribution is -2.39. The van der Waals surface area contributed by atoms with Gasteiger partial charge in [0.1, 0.15) is 0 Å². The molecule has 106 valence electrons. The zero-order valence-electron chi connectivity index (χ0n) is 11.7. The molecular weight excluding hydrogens is 240 g/mol. The van der Waals surface area contributed by atoms with Gasteiger partial charge in [0.15, 0.2) is 11.6 Å². The van der Waals surface area contributed by atoms with Gasteiger partial charge < -0.3 is 14.7 Å². The van der Waals surface area contributed by atoms with Crippen LogP contribution in [-0.4, -0.2) is 35.9 Å². The van der Waals surface area contributed by atoms with Crippen LogP contribution in [0.3, 0.4) is 0 Å². The molecule has 0 amide bonds. The van der Waals surface area contributed by atoms with Crippen molar-refractivity contribution in [1.29, 1.82) is 0 Å². The molecule has 1 aromatic heterocycles. The molecular formula is C15H24N2O2. The number of anilines is 1. The molecule has 1 fully saturated rings. The number of aromatic nitrogens is 1. The first-order chi connectivity index (χ1) is 9.36. The molecule has 4 nitrogen and oxygen atoms in total. The fourth-order valence-corrected chi connectivity index (χ4v) is 2.83. The summed E-state index contributed by atoms with van der Waals surface area (Å²) in [5.41, 5.74) is 0. The van der Waals surface area contributed by atoms with Gasteiger partial charge in [0.2, 0.25) is 0 Å². The standard InChI is InChI=1S/C15H24N2O2/c1-2-19-14-9-6-10-16-15(14)17(11-12-18)13-7-4-3-5-8-13/h6,9-10,13,18H,2-5,7-8,11-12H2,1H3. The molecule has 0 atom stereocenters. The number of ether oxygens (including phenoxy) is 1. The maximum atomic E-state index is 9.34. The summed E-state index contributed by atoms with van der Waals surface area (Å²) in [6.07, 6.45) is 8.02. The molecule has 0 aliphatic heterocycles. The molecule has 1 aliphatic carbocycles. The van der Waals surface area contributed by atoms with E-state index >= 15 is 0 Å². The Morgan fingerprint density at radius 1 is 1.37 bits per heavy atom. The third-order valence-electron chi connectivity index (χ3n) is 3.68. The number of hydrogen-bond acceptors (Lipinski definition) is 4. The molecule has 4 heteroatoms. The second-order valence-corrected chi connectivity index (χ2v) is 4.97. The number of aliphatic hydroxyl groups is 1. The molecule has 0 radical (unpaired) electrons. The first-order valence-electron chi connectivity index (χ1n) is 7.32. The van der Waals surface area contributed by atoms with Gasteiger partial charge in [0, 0.05) is 18.8 Å². The van der Waals surface area contributed by atoms with Crippen molar-refractivity contribution in [2.45, 2.75) is 45.1 Å². The summed E-state index contributed by atoms with van der Waals surface area (Å²) in [4.78, 5) is 6.71. The number of hydrogen-bond donors (Lipinski definition) is 1. The summed E-state index contributed by atoms with van der Waals surface area (Å²) < 4.78 is 5.67. The van der Waals surface area contributed by atoms with Crippen molar-refractivity contribution in [3.05, 3.63) is 18.3 Å². The van der Waals surface area contributed by atoms with E-state index in [1.165, 1.54) is 32.1 Å². The second-order valence-electron chi connectivity index (χ2n) is 4.97. The van der Waals surface area contributed by atoms with Crippen LogP contribution in [0.1, 0.15) is 39.0 Å². The van der Waals surface area contributed by atoms with Crippen LogP contribution in [-0.2, 0) is 0 Å². The molecule has 1 saturated carbocycles. The van der Waals surface area contributed by atoms with Crippen LogP contribution in [0.25, 0.3) is 0 Å². The largest absolute Gasteiger partial charge is 0.490 e. The van der Waals surface area contributed by atoms with Crippen LogP contribution in [0.4, 0.5) is 5.82 Å². The topological polar surface area (TPSA) is 45.6 Å². The van der Waals surface area contributed by atoms with Crippen molar-refractivity contribution in [3.8, 4) is 5.75 Å². The highest BCUT2D eigenvalue weighted by Crippen LogP contribution is 2.31. The van der Waals surface area contributed by atoms with E-state index in [9.17, 15) is 5.11 Å². The van der Waals surface area contributed by atoms with Gasteiger partial charge >= 0.3 is 0 Å². The van der Waals surface area contributed by atoms with E-state index < -0.39 is 0 Å². The third-order valence-corrected chi connectivity index (χ3v) is 3.68. The van der Waals surface area contributed by atoms with Crippen molar-refractivity contribution in [1.82, 2.24) is 4.98 Å². The number of aliphatic hydroxyl groups excluding tert-OH is 1. The SMILES string of the molecule is CCOc1cccnc1N(CCO)C1CCCCC1. The van der Waals surface area contributed by atoms with E-state index in [1.807, 2.05) is 19.1 Å². The fraction of sp³-hybridized carbons (Fsp3) is 0.667. The Morgan fingerprint density at radius 2 is 2.16 bits per heavy atom. The van der Waals surface area contributed by atoms with Gasteiger partial charge in [-0.2, -0.15) is 0 Å². The first kappa shape index (κ1) is 14.1. The lowest BCUT2D eigenvalue weighted by molar-refractivity contribution is 0.286. The molecule has 0 spiro atoms. The minimum Gasteiger partial charge on any atom is -0.490 e.